The van der Waals surface area contributed by atoms with E-state index in [-0.39, 0.29) is 5.56 Å². The molecule has 1 aromatic carbocycles. The van der Waals surface area contributed by atoms with Crippen molar-refractivity contribution in [3.8, 4) is 0 Å². The summed E-state index contributed by atoms with van der Waals surface area (Å²) in [6.07, 6.45) is 0. The Morgan fingerprint density at radius 3 is 2.79 bits per heavy atom. The van der Waals surface area contributed by atoms with Gasteiger partial charge in [-0.25, -0.2) is 0 Å². The summed E-state index contributed by atoms with van der Waals surface area (Å²) in [4.78, 5) is 14.1. The fourth-order valence-electron chi connectivity index (χ4n) is 1.41. The molecule has 1 N–H and O–H groups in total. The van der Waals surface area contributed by atoms with Crippen LogP contribution in [0.4, 0.5) is 0 Å². The van der Waals surface area contributed by atoms with Gasteiger partial charge in [-0.1, -0.05) is 31.9 Å². The largest absolute Gasteiger partial charge is 0.322 e. The first-order chi connectivity index (χ1) is 6.70. The Balaban J connectivity index is 2.88. The minimum Gasteiger partial charge on any atom is -0.322 e. The van der Waals surface area contributed by atoms with Gasteiger partial charge in [-0.3, -0.25) is 4.79 Å². The molecule has 2 nitrogen and oxygen atoms in total. The van der Waals surface area contributed by atoms with E-state index in [0.717, 1.165) is 20.9 Å². The van der Waals surface area contributed by atoms with Gasteiger partial charge in [-0.05, 0) is 23.8 Å². The Bertz CT molecular complexity index is 533. The number of hydrogen-bond donors (Lipinski definition) is 1. The highest BCUT2D eigenvalue weighted by Gasteiger charge is 2.02. The zero-order chi connectivity index (χ0) is 10.1. The molecule has 0 amide bonds. The molecule has 0 bridgehead atoms. The molecule has 0 unspecified atom stereocenters. The normalized spacial score (nSPS) is 10.7. The van der Waals surface area contributed by atoms with Gasteiger partial charge in [0.05, 0.1) is 0 Å². The SMILES string of the molecule is O=c1cc(CBr)c2cc(Br)ccc2[nH]1. The number of benzene rings is 1. The van der Waals surface area contributed by atoms with Crippen molar-refractivity contribution >= 4 is 42.8 Å². The van der Waals surface area contributed by atoms with Gasteiger partial charge < -0.3 is 4.98 Å². The van der Waals surface area contributed by atoms with Crippen LogP contribution in [0.25, 0.3) is 10.9 Å². The predicted molar refractivity (Wildman–Crippen MR) is 64.9 cm³/mol. The molecule has 1 aromatic heterocycles. The second-order valence-corrected chi connectivity index (χ2v) is 4.46. The number of alkyl halides is 1. The van der Waals surface area contributed by atoms with Gasteiger partial charge in [-0.15, -0.1) is 0 Å². The molecule has 2 rings (SSSR count). The van der Waals surface area contributed by atoms with Gasteiger partial charge in [0.15, 0.2) is 0 Å². The lowest BCUT2D eigenvalue weighted by Gasteiger charge is -2.03. The zero-order valence-electron chi connectivity index (χ0n) is 7.18. The summed E-state index contributed by atoms with van der Waals surface area (Å²) in [5.41, 5.74) is 1.81. The first-order valence-electron chi connectivity index (χ1n) is 4.08. The molecule has 0 radical (unpaired) electrons. The molecule has 0 saturated heterocycles. The maximum Gasteiger partial charge on any atom is 0.248 e. The summed E-state index contributed by atoms with van der Waals surface area (Å²) in [6.45, 7) is 0. The van der Waals surface area contributed by atoms with E-state index in [2.05, 4.69) is 36.8 Å². The number of aromatic amines is 1. The van der Waals surface area contributed by atoms with Crippen molar-refractivity contribution < 1.29 is 0 Å². The lowest BCUT2D eigenvalue weighted by atomic mass is 10.1. The zero-order valence-corrected chi connectivity index (χ0v) is 10.4. The van der Waals surface area contributed by atoms with E-state index in [4.69, 9.17) is 0 Å². The number of H-pyrrole nitrogens is 1. The van der Waals surface area contributed by atoms with Crippen LogP contribution < -0.4 is 5.56 Å². The molecule has 14 heavy (non-hydrogen) atoms. The van der Waals surface area contributed by atoms with Crippen LogP contribution in [0.1, 0.15) is 5.56 Å². The van der Waals surface area contributed by atoms with Crippen molar-refractivity contribution in [3.05, 3.63) is 44.7 Å². The van der Waals surface area contributed by atoms with E-state index in [0.29, 0.717) is 5.33 Å². The van der Waals surface area contributed by atoms with Gasteiger partial charge in [0.2, 0.25) is 5.56 Å². The van der Waals surface area contributed by atoms with E-state index < -0.39 is 0 Å². The number of hydrogen-bond acceptors (Lipinski definition) is 1. The van der Waals surface area contributed by atoms with E-state index in [9.17, 15) is 4.79 Å². The van der Waals surface area contributed by atoms with Crippen molar-refractivity contribution in [2.75, 3.05) is 0 Å². The van der Waals surface area contributed by atoms with Gasteiger partial charge in [0.25, 0.3) is 0 Å². The first-order valence-corrected chi connectivity index (χ1v) is 5.99. The third-order valence-corrected chi connectivity index (χ3v) is 3.13. The lowest BCUT2D eigenvalue weighted by molar-refractivity contribution is 1.27. The van der Waals surface area contributed by atoms with E-state index in [1.165, 1.54) is 0 Å². The Morgan fingerprint density at radius 2 is 2.07 bits per heavy atom. The number of halogens is 2. The number of rotatable bonds is 1. The monoisotopic (exact) mass is 315 g/mol. The molecular weight excluding hydrogens is 310 g/mol. The van der Waals surface area contributed by atoms with Gasteiger partial charge >= 0.3 is 0 Å². The minimum atomic E-state index is -0.0609. The molecule has 0 atom stereocenters. The minimum absolute atomic E-state index is 0.0609. The van der Waals surface area contributed by atoms with Crippen LogP contribution in [-0.2, 0) is 5.33 Å². The standard InChI is InChI=1S/C10H7Br2NO/c11-5-6-3-10(14)13-9-2-1-7(12)4-8(6)9/h1-4H,5H2,(H,13,14). The van der Waals surface area contributed by atoms with Crippen LogP contribution in [0.2, 0.25) is 0 Å². The third-order valence-electron chi connectivity index (χ3n) is 2.03. The number of nitrogens with one attached hydrogen (secondary N) is 1. The fourth-order valence-corrected chi connectivity index (χ4v) is 2.23. The molecule has 0 aliphatic carbocycles. The Hall–Kier alpha value is -0.610. The lowest BCUT2D eigenvalue weighted by Crippen LogP contribution is -2.05. The topological polar surface area (TPSA) is 32.9 Å². The van der Waals surface area contributed by atoms with Gasteiger partial charge in [0.1, 0.15) is 0 Å². The van der Waals surface area contributed by atoms with Crippen LogP contribution in [0.15, 0.2) is 33.5 Å². The second-order valence-electron chi connectivity index (χ2n) is 2.98. The summed E-state index contributed by atoms with van der Waals surface area (Å²) >= 11 is 6.78. The van der Waals surface area contributed by atoms with Gasteiger partial charge in [0, 0.05) is 26.8 Å². The molecule has 0 aliphatic rings. The second kappa shape index (κ2) is 3.87. The molecule has 2 aromatic rings. The molecule has 0 fully saturated rings. The Labute approximate surface area is 97.6 Å². The summed E-state index contributed by atoms with van der Waals surface area (Å²) in [5, 5.41) is 1.75. The molecule has 0 spiro atoms. The average molecular weight is 317 g/mol. The fraction of sp³-hybridized carbons (Fsp3) is 0.100. The van der Waals surface area contributed by atoms with Crippen LogP contribution in [0, 0.1) is 0 Å². The van der Waals surface area contributed by atoms with Crippen LogP contribution in [0.3, 0.4) is 0 Å². The molecule has 72 valence electrons. The highest BCUT2D eigenvalue weighted by atomic mass is 79.9. The van der Waals surface area contributed by atoms with E-state index in [1.807, 2.05) is 18.2 Å². The Morgan fingerprint density at radius 1 is 1.29 bits per heavy atom. The highest BCUT2D eigenvalue weighted by Crippen LogP contribution is 2.21. The molecule has 1 heterocycles. The average Bonchev–Trinajstić information content (AvgIpc) is 2.17. The third kappa shape index (κ3) is 1.77. The quantitative estimate of drug-likeness (QED) is 0.805. The smallest absolute Gasteiger partial charge is 0.248 e. The van der Waals surface area contributed by atoms with Crippen molar-refractivity contribution in [3.63, 3.8) is 0 Å². The number of fused-ring (bicyclic) bond motifs is 1. The summed E-state index contributed by atoms with van der Waals surface area (Å²) < 4.78 is 1.01. The van der Waals surface area contributed by atoms with Crippen molar-refractivity contribution in [1.82, 2.24) is 4.98 Å². The van der Waals surface area contributed by atoms with E-state index in [1.54, 1.807) is 6.07 Å². The van der Waals surface area contributed by atoms with E-state index >= 15 is 0 Å². The molecule has 4 heteroatoms. The van der Waals surface area contributed by atoms with Crippen molar-refractivity contribution in [1.29, 1.82) is 0 Å². The van der Waals surface area contributed by atoms with Crippen LogP contribution in [-0.4, -0.2) is 4.98 Å². The van der Waals surface area contributed by atoms with Crippen LogP contribution in [0.5, 0.6) is 0 Å². The highest BCUT2D eigenvalue weighted by molar-refractivity contribution is 9.10. The van der Waals surface area contributed by atoms with Crippen molar-refractivity contribution in [2.45, 2.75) is 5.33 Å². The maximum atomic E-state index is 11.3. The molecular formula is C10H7Br2NO. The summed E-state index contributed by atoms with van der Waals surface area (Å²) in [5.74, 6) is 0. The number of aromatic nitrogens is 1. The summed E-state index contributed by atoms with van der Waals surface area (Å²) in [7, 11) is 0. The van der Waals surface area contributed by atoms with Gasteiger partial charge in [-0.2, -0.15) is 0 Å². The van der Waals surface area contributed by atoms with Crippen molar-refractivity contribution in [2.24, 2.45) is 0 Å². The number of pyridine rings is 1. The molecule has 0 aliphatic heterocycles. The maximum absolute atomic E-state index is 11.3. The van der Waals surface area contributed by atoms with Crippen LogP contribution >= 0.6 is 31.9 Å². The first kappa shape index (κ1) is 9.93. The summed E-state index contributed by atoms with van der Waals surface area (Å²) in [6, 6.07) is 7.43. The Kier molecular flexibility index (Phi) is 2.74. The molecule has 0 saturated carbocycles. The predicted octanol–water partition coefficient (Wildman–Crippen LogP) is 3.19.